The maximum atomic E-state index is 9.13. The van der Waals surface area contributed by atoms with Gasteiger partial charge in [0.05, 0.1) is 5.02 Å². The fourth-order valence-electron chi connectivity index (χ4n) is 1.15. The zero-order valence-corrected chi connectivity index (χ0v) is 8.80. The fourth-order valence-corrected chi connectivity index (χ4v) is 1.77. The SMILES string of the molecule is Oc1cc2ccc(Cl)c(Br)c2cn1. The smallest absolute Gasteiger partial charge is 0.211 e. The Hall–Kier alpha value is -0.800. The molecule has 0 radical (unpaired) electrons. The number of rotatable bonds is 0. The predicted octanol–water partition coefficient (Wildman–Crippen LogP) is 3.36. The average molecular weight is 259 g/mol. The van der Waals surface area contributed by atoms with Gasteiger partial charge in [-0.15, -0.1) is 0 Å². The monoisotopic (exact) mass is 257 g/mol. The van der Waals surface area contributed by atoms with Crippen molar-refractivity contribution >= 4 is 38.3 Å². The van der Waals surface area contributed by atoms with E-state index in [-0.39, 0.29) is 5.88 Å². The predicted molar refractivity (Wildman–Crippen MR) is 56.1 cm³/mol. The van der Waals surface area contributed by atoms with Gasteiger partial charge in [0.1, 0.15) is 0 Å². The molecular weight excluding hydrogens is 253 g/mol. The number of fused-ring (bicyclic) bond motifs is 1. The van der Waals surface area contributed by atoms with E-state index in [9.17, 15) is 0 Å². The zero-order chi connectivity index (χ0) is 9.42. The van der Waals surface area contributed by atoms with Crippen LogP contribution in [0.4, 0.5) is 0 Å². The van der Waals surface area contributed by atoms with Crippen LogP contribution < -0.4 is 0 Å². The second-order valence-corrected chi connectivity index (χ2v) is 3.83. The van der Waals surface area contributed by atoms with E-state index < -0.39 is 0 Å². The number of hydrogen-bond acceptors (Lipinski definition) is 2. The highest BCUT2D eigenvalue weighted by Crippen LogP contribution is 2.31. The summed E-state index contributed by atoms with van der Waals surface area (Å²) in [6, 6.07) is 5.20. The standard InChI is InChI=1S/C9H5BrClNO/c10-9-6-4-12-8(13)3-5(6)1-2-7(9)11/h1-4H,(H,12,13). The van der Waals surface area contributed by atoms with Gasteiger partial charge in [-0.25, -0.2) is 4.98 Å². The molecule has 2 nitrogen and oxygen atoms in total. The van der Waals surface area contributed by atoms with Crippen molar-refractivity contribution in [2.45, 2.75) is 0 Å². The summed E-state index contributed by atoms with van der Waals surface area (Å²) in [5, 5.41) is 11.6. The molecule has 0 amide bonds. The van der Waals surface area contributed by atoms with E-state index in [1.165, 1.54) is 0 Å². The van der Waals surface area contributed by atoms with Gasteiger partial charge >= 0.3 is 0 Å². The van der Waals surface area contributed by atoms with Crippen molar-refractivity contribution in [3.63, 3.8) is 0 Å². The molecule has 0 aliphatic carbocycles. The highest BCUT2D eigenvalue weighted by molar-refractivity contribution is 9.10. The van der Waals surface area contributed by atoms with Crippen LogP contribution in [0.1, 0.15) is 0 Å². The summed E-state index contributed by atoms with van der Waals surface area (Å²) in [5.74, 6) is 0.0155. The maximum absolute atomic E-state index is 9.13. The molecule has 2 aromatic rings. The van der Waals surface area contributed by atoms with Crippen molar-refractivity contribution in [3.8, 4) is 5.88 Å². The number of pyridine rings is 1. The second-order valence-electron chi connectivity index (χ2n) is 2.63. The molecule has 0 spiro atoms. The Kier molecular flexibility index (Phi) is 2.14. The molecule has 0 bridgehead atoms. The average Bonchev–Trinajstić information content (AvgIpc) is 2.12. The number of benzene rings is 1. The van der Waals surface area contributed by atoms with Gasteiger partial charge in [-0.3, -0.25) is 0 Å². The first-order valence-electron chi connectivity index (χ1n) is 3.61. The van der Waals surface area contributed by atoms with Crippen LogP contribution in [0.3, 0.4) is 0 Å². The summed E-state index contributed by atoms with van der Waals surface area (Å²) in [6.45, 7) is 0. The summed E-state index contributed by atoms with van der Waals surface area (Å²) in [6.07, 6.45) is 1.58. The second kappa shape index (κ2) is 3.16. The first-order valence-corrected chi connectivity index (χ1v) is 4.78. The minimum Gasteiger partial charge on any atom is -0.493 e. The van der Waals surface area contributed by atoms with Crippen LogP contribution in [-0.4, -0.2) is 10.1 Å². The molecule has 2 rings (SSSR count). The van der Waals surface area contributed by atoms with Crippen molar-refractivity contribution in [2.24, 2.45) is 0 Å². The van der Waals surface area contributed by atoms with Crippen LogP contribution in [0.25, 0.3) is 10.8 Å². The van der Waals surface area contributed by atoms with Gasteiger partial charge in [-0.1, -0.05) is 17.7 Å². The van der Waals surface area contributed by atoms with Crippen LogP contribution >= 0.6 is 27.5 Å². The molecule has 0 fully saturated rings. The normalized spacial score (nSPS) is 10.6. The van der Waals surface area contributed by atoms with Gasteiger partial charge < -0.3 is 5.11 Å². The Morgan fingerprint density at radius 2 is 2.15 bits per heavy atom. The molecule has 0 atom stereocenters. The summed E-state index contributed by atoms with van der Waals surface area (Å²) in [4.78, 5) is 3.78. The Bertz CT molecular complexity index is 472. The van der Waals surface area contributed by atoms with E-state index in [0.717, 1.165) is 15.2 Å². The van der Waals surface area contributed by atoms with Gasteiger partial charge in [0.2, 0.25) is 5.88 Å². The highest BCUT2D eigenvalue weighted by atomic mass is 79.9. The topological polar surface area (TPSA) is 33.1 Å². The van der Waals surface area contributed by atoms with Crippen molar-refractivity contribution in [1.82, 2.24) is 4.98 Å². The van der Waals surface area contributed by atoms with E-state index >= 15 is 0 Å². The Labute approximate surface area is 88.3 Å². The third-order valence-corrected chi connectivity index (χ3v) is 3.17. The number of hydrogen-bond donors (Lipinski definition) is 1. The molecule has 13 heavy (non-hydrogen) atoms. The van der Waals surface area contributed by atoms with Crippen LogP contribution in [0.15, 0.2) is 28.9 Å². The van der Waals surface area contributed by atoms with E-state index in [2.05, 4.69) is 20.9 Å². The molecule has 66 valence electrons. The molecule has 1 aromatic heterocycles. The first-order chi connectivity index (χ1) is 6.18. The third-order valence-electron chi connectivity index (χ3n) is 1.78. The quantitative estimate of drug-likeness (QED) is 0.786. The Morgan fingerprint density at radius 3 is 2.92 bits per heavy atom. The molecule has 1 heterocycles. The lowest BCUT2D eigenvalue weighted by atomic mass is 10.2. The van der Waals surface area contributed by atoms with E-state index in [1.807, 2.05) is 6.07 Å². The summed E-state index contributed by atoms with van der Waals surface area (Å²) >= 11 is 9.24. The van der Waals surface area contributed by atoms with Crippen LogP contribution in [0.5, 0.6) is 5.88 Å². The van der Waals surface area contributed by atoms with E-state index in [4.69, 9.17) is 16.7 Å². The minimum atomic E-state index is 0.0155. The number of nitrogens with zero attached hydrogens (tertiary/aromatic N) is 1. The van der Waals surface area contributed by atoms with Crippen LogP contribution in [0.2, 0.25) is 5.02 Å². The fraction of sp³-hybridized carbons (Fsp3) is 0. The van der Waals surface area contributed by atoms with Gasteiger partial charge in [0.15, 0.2) is 0 Å². The largest absolute Gasteiger partial charge is 0.493 e. The summed E-state index contributed by atoms with van der Waals surface area (Å²) in [7, 11) is 0. The lowest BCUT2D eigenvalue weighted by molar-refractivity contribution is 0.454. The summed E-state index contributed by atoms with van der Waals surface area (Å²) < 4.78 is 0.805. The van der Waals surface area contributed by atoms with Gasteiger partial charge in [-0.2, -0.15) is 0 Å². The molecule has 0 unspecified atom stereocenters. The van der Waals surface area contributed by atoms with Crippen molar-refractivity contribution < 1.29 is 5.11 Å². The molecule has 0 aliphatic heterocycles. The summed E-state index contributed by atoms with van der Waals surface area (Å²) in [5.41, 5.74) is 0. The first kappa shape index (κ1) is 8.78. The van der Waals surface area contributed by atoms with Crippen molar-refractivity contribution in [3.05, 3.63) is 33.9 Å². The molecule has 1 aromatic carbocycles. The Morgan fingerprint density at radius 1 is 1.38 bits per heavy atom. The highest BCUT2D eigenvalue weighted by Gasteiger charge is 2.03. The zero-order valence-electron chi connectivity index (χ0n) is 6.46. The van der Waals surface area contributed by atoms with Crippen LogP contribution in [0, 0.1) is 0 Å². The molecule has 0 aliphatic rings. The number of halogens is 2. The lowest BCUT2D eigenvalue weighted by Crippen LogP contribution is -1.79. The minimum absolute atomic E-state index is 0.0155. The Balaban J connectivity index is 2.87. The van der Waals surface area contributed by atoms with Gasteiger partial charge in [-0.05, 0) is 27.4 Å². The maximum Gasteiger partial charge on any atom is 0.211 e. The van der Waals surface area contributed by atoms with E-state index in [1.54, 1.807) is 18.3 Å². The van der Waals surface area contributed by atoms with Crippen LogP contribution in [-0.2, 0) is 0 Å². The van der Waals surface area contributed by atoms with E-state index in [0.29, 0.717) is 5.02 Å². The van der Waals surface area contributed by atoms with Crippen molar-refractivity contribution in [2.75, 3.05) is 0 Å². The van der Waals surface area contributed by atoms with Crippen molar-refractivity contribution in [1.29, 1.82) is 0 Å². The molecular formula is C9H5BrClNO. The number of aromatic nitrogens is 1. The third kappa shape index (κ3) is 1.49. The van der Waals surface area contributed by atoms with Gasteiger partial charge in [0, 0.05) is 22.1 Å². The van der Waals surface area contributed by atoms with Gasteiger partial charge in [0.25, 0.3) is 0 Å². The molecule has 0 saturated carbocycles. The molecule has 4 heteroatoms. The lowest BCUT2D eigenvalue weighted by Gasteiger charge is -2.01. The number of aromatic hydroxyl groups is 1. The molecule has 1 N–H and O–H groups in total. The molecule has 0 saturated heterocycles.